The number of methoxy groups -OCH3 is 1. The van der Waals surface area contributed by atoms with Gasteiger partial charge in [-0.25, -0.2) is 22.6 Å². The summed E-state index contributed by atoms with van der Waals surface area (Å²) in [5.74, 6) is -2.77. The van der Waals surface area contributed by atoms with Crippen LogP contribution in [-0.4, -0.2) is 45.6 Å². The Balaban J connectivity index is 2.06. The molecule has 0 aliphatic carbocycles. The average Bonchev–Trinajstić information content (AvgIpc) is 2.74. The number of benzene rings is 2. The van der Waals surface area contributed by atoms with Crippen LogP contribution < -0.4 is 10.1 Å². The molecule has 1 heterocycles. The summed E-state index contributed by atoms with van der Waals surface area (Å²) in [4.78, 5) is 28.9. The van der Waals surface area contributed by atoms with Crippen molar-refractivity contribution in [2.45, 2.75) is 24.8 Å². The number of esters is 1. The van der Waals surface area contributed by atoms with E-state index in [1.54, 1.807) is 31.2 Å². The van der Waals surface area contributed by atoms with Gasteiger partial charge in [0.25, 0.3) is 0 Å². The highest BCUT2D eigenvalue weighted by molar-refractivity contribution is 7.92. The predicted octanol–water partition coefficient (Wildman–Crippen LogP) is 3.00. The normalized spacial score (nSPS) is 18.5. The van der Waals surface area contributed by atoms with Crippen LogP contribution in [0.15, 0.2) is 52.4 Å². The first-order chi connectivity index (χ1) is 15.2. The minimum atomic E-state index is -4.04. The number of rotatable bonds is 7. The topological polar surface area (TPSA) is 111 Å². The van der Waals surface area contributed by atoms with E-state index in [1.807, 2.05) is 0 Å². The molecule has 0 saturated carbocycles. The molecule has 2 amide bonds. The van der Waals surface area contributed by atoms with E-state index in [0.29, 0.717) is 11.3 Å². The molecule has 2 aromatic carbocycles. The lowest BCUT2D eigenvalue weighted by Crippen LogP contribution is -2.47. The van der Waals surface area contributed by atoms with Crippen molar-refractivity contribution < 1.29 is 31.9 Å². The van der Waals surface area contributed by atoms with Gasteiger partial charge in [-0.1, -0.05) is 18.2 Å². The largest absolute Gasteiger partial charge is 0.496 e. The highest BCUT2D eigenvalue weighted by Gasteiger charge is 2.42. The van der Waals surface area contributed by atoms with Gasteiger partial charge in [0.1, 0.15) is 17.5 Å². The first kappa shape index (κ1) is 23.4. The van der Waals surface area contributed by atoms with E-state index in [-0.39, 0.29) is 22.8 Å². The lowest BCUT2D eigenvalue weighted by molar-refractivity contribution is -0.146. The fraction of sp³-hybridized carbons (Fsp3) is 0.318. The molecule has 3 rings (SSSR count). The molecule has 0 fully saturated rings. The van der Waals surface area contributed by atoms with Gasteiger partial charge in [0.05, 0.1) is 36.1 Å². The van der Waals surface area contributed by atoms with E-state index < -0.39 is 45.4 Å². The number of halogens is 1. The number of hydrogen-bond donors (Lipinski definition) is 1. The van der Waals surface area contributed by atoms with Gasteiger partial charge in [0.15, 0.2) is 9.84 Å². The van der Waals surface area contributed by atoms with Gasteiger partial charge in [0.2, 0.25) is 0 Å². The standard InChI is InChI=1S/C22H23FN2O6S/c1-4-31-21(26)19-17(12-32(28,29)14-9-10-16(23)13(2)11-14)24-22(27)25-20(19)15-7-5-6-8-18(15)30-3/h5-11,19-20H,4,12H2,1-3H3,(H,25,27). The Morgan fingerprint density at radius 1 is 1.22 bits per heavy atom. The van der Waals surface area contributed by atoms with Crippen molar-refractivity contribution in [3.8, 4) is 5.75 Å². The van der Waals surface area contributed by atoms with Crippen LogP contribution in [0.1, 0.15) is 24.1 Å². The average molecular weight is 462 g/mol. The second-order valence-corrected chi connectivity index (χ2v) is 9.16. The van der Waals surface area contributed by atoms with Gasteiger partial charge in [-0.2, -0.15) is 0 Å². The number of para-hydroxylation sites is 1. The summed E-state index contributed by atoms with van der Waals surface area (Å²) in [5.41, 5.74) is 0.470. The molecule has 170 valence electrons. The number of hydrogen-bond acceptors (Lipinski definition) is 6. The summed E-state index contributed by atoms with van der Waals surface area (Å²) in [7, 11) is -2.60. The summed E-state index contributed by atoms with van der Waals surface area (Å²) in [6.07, 6.45) is 0. The number of aryl methyl sites for hydroxylation is 1. The minimum absolute atomic E-state index is 0.0547. The molecule has 0 aromatic heterocycles. The maximum Gasteiger partial charge on any atom is 0.341 e. The number of aliphatic imine (C=N–C) groups is 1. The summed E-state index contributed by atoms with van der Waals surface area (Å²) in [5, 5.41) is 2.62. The first-order valence-corrected chi connectivity index (χ1v) is 11.5. The number of sulfone groups is 1. The second kappa shape index (κ2) is 9.47. The van der Waals surface area contributed by atoms with Crippen LogP contribution in [0, 0.1) is 18.7 Å². The third-order valence-electron chi connectivity index (χ3n) is 5.06. The number of amides is 2. The smallest absolute Gasteiger partial charge is 0.341 e. The van der Waals surface area contributed by atoms with Gasteiger partial charge in [-0.05, 0) is 43.7 Å². The molecule has 2 atom stereocenters. The maximum absolute atomic E-state index is 13.6. The first-order valence-electron chi connectivity index (χ1n) is 9.84. The van der Waals surface area contributed by atoms with Crippen molar-refractivity contribution in [3.63, 3.8) is 0 Å². The quantitative estimate of drug-likeness (QED) is 0.500. The van der Waals surface area contributed by atoms with E-state index in [9.17, 15) is 22.4 Å². The zero-order valence-electron chi connectivity index (χ0n) is 17.8. The predicted molar refractivity (Wildman–Crippen MR) is 115 cm³/mol. The van der Waals surface area contributed by atoms with Crippen LogP contribution in [-0.2, 0) is 19.4 Å². The molecule has 0 saturated heterocycles. The van der Waals surface area contributed by atoms with Crippen LogP contribution >= 0.6 is 0 Å². The lowest BCUT2D eigenvalue weighted by Gasteiger charge is -2.31. The van der Waals surface area contributed by atoms with Gasteiger partial charge >= 0.3 is 12.0 Å². The van der Waals surface area contributed by atoms with Gasteiger partial charge in [0, 0.05) is 5.56 Å². The number of ether oxygens (including phenoxy) is 2. The zero-order valence-corrected chi connectivity index (χ0v) is 18.6. The Kier molecular flexibility index (Phi) is 6.93. The Morgan fingerprint density at radius 2 is 1.94 bits per heavy atom. The molecule has 0 spiro atoms. The number of nitrogens with one attached hydrogen (secondary N) is 1. The maximum atomic E-state index is 13.6. The lowest BCUT2D eigenvalue weighted by atomic mass is 9.87. The molecule has 1 aliphatic rings. The van der Waals surface area contributed by atoms with E-state index in [1.165, 1.54) is 20.1 Å². The Bertz CT molecular complexity index is 1180. The molecule has 10 heteroatoms. The van der Waals surface area contributed by atoms with E-state index in [4.69, 9.17) is 9.47 Å². The molecule has 2 unspecified atom stereocenters. The van der Waals surface area contributed by atoms with Crippen LogP contribution in [0.2, 0.25) is 0 Å². The third-order valence-corrected chi connectivity index (χ3v) is 6.71. The van der Waals surface area contributed by atoms with Crippen molar-refractivity contribution in [1.29, 1.82) is 0 Å². The van der Waals surface area contributed by atoms with Crippen LogP contribution in [0.5, 0.6) is 5.75 Å². The molecule has 0 bridgehead atoms. The summed E-state index contributed by atoms with van der Waals surface area (Å²) >= 11 is 0. The van der Waals surface area contributed by atoms with Crippen LogP contribution in [0.25, 0.3) is 0 Å². The van der Waals surface area contributed by atoms with Crippen molar-refractivity contribution >= 4 is 27.5 Å². The second-order valence-electron chi connectivity index (χ2n) is 7.17. The van der Waals surface area contributed by atoms with Crippen molar-refractivity contribution in [3.05, 3.63) is 59.4 Å². The van der Waals surface area contributed by atoms with E-state index >= 15 is 0 Å². The number of carbonyl (C=O) groups is 2. The number of urea groups is 1. The molecular formula is C22H23FN2O6S. The highest BCUT2D eigenvalue weighted by atomic mass is 32.2. The monoisotopic (exact) mass is 462 g/mol. The summed E-state index contributed by atoms with van der Waals surface area (Å²) in [6.45, 7) is 3.12. The fourth-order valence-corrected chi connectivity index (χ4v) is 4.97. The highest BCUT2D eigenvalue weighted by Crippen LogP contribution is 2.34. The Hall–Kier alpha value is -3.27. The molecular weight excluding hydrogens is 439 g/mol. The molecule has 8 nitrogen and oxygen atoms in total. The summed E-state index contributed by atoms with van der Waals surface area (Å²) in [6, 6.07) is 8.40. The van der Waals surface area contributed by atoms with Gasteiger partial charge < -0.3 is 14.8 Å². The molecule has 0 radical (unpaired) electrons. The zero-order chi connectivity index (χ0) is 23.5. The third kappa shape index (κ3) is 4.80. The van der Waals surface area contributed by atoms with E-state index in [0.717, 1.165) is 12.1 Å². The van der Waals surface area contributed by atoms with Gasteiger partial charge in [-0.3, -0.25) is 4.79 Å². The SMILES string of the molecule is CCOC(=O)C1C(CS(=O)(=O)c2ccc(F)c(C)c2)=NC(=O)NC1c1ccccc1OC. The number of carbonyl (C=O) groups excluding carboxylic acids is 2. The van der Waals surface area contributed by atoms with Crippen LogP contribution in [0.4, 0.5) is 9.18 Å². The van der Waals surface area contributed by atoms with Crippen molar-refractivity contribution in [2.75, 3.05) is 19.5 Å². The van der Waals surface area contributed by atoms with Crippen molar-refractivity contribution in [2.24, 2.45) is 10.9 Å². The molecule has 1 N–H and O–H groups in total. The van der Waals surface area contributed by atoms with Gasteiger partial charge in [-0.15, -0.1) is 0 Å². The van der Waals surface area contributed by atoms with Crippen LogP contribution in [0.3, 0.4) is 0 Å². The minimum Gasteiger partial charge on any atom is -0.496 e. The van der Waals surface area contributed by atoms with Crippen molar-refractivity contribution in [1.82, 2.24) is 5.32 Å². The summed E-state index contributed by atoms with van der Waals surface area (Å²) < 4.78 is 50.2. The Morgan fingerprint density at radius 3 is 2.59 bits per heavy atom. The molecule has 2 aromatic rings. The molecule has 1 aliphatic heterocycles. The Labute approximate surface area is 185 Å². The van der Waals surface area contributed by atoms with E-state index in [2.05, 4.69) is 10.3 Å². The molecule has 32 heavy (non-hydrogen) atoms. The fourth-order valence-electron chi connectivity index (χ4n) is 3.54. The number of nitrogens with zero attached hydrogens (tertiary/aromatic N) is 1.